The summed E-state index contributed by atoms with van der Waals surface area (Å²) in [6.45, 7) is 5.11. The molecular formula is C22H26N6. The third kappa shape index (κ3) is 4.46. The summed E-state index contributed by atoms with van der Waals surface area (Å²) in [6, 6.07) is 14.9. The summed E-state index contributed by atoms with van der Waals surface area (Å²) in [5.74, 6) is 1.60. The van der Waals surface area contributed by atoms with Crippen LogP contribution < -0.4 is 15.5 Å². The summed E-state index contributed by atoms with van der Waals surface area (Å²) in [7, 11) is 0. The molecule has 6 nitrogen and oxygen atoms in total. The Bertz CT molecular complexity index is 881. The minimum Gasteiger partial charge on any atom is -0.340 e. The fourth-order valence-electron chi connectivity index (χ4n) is 3.49. The quantitative estimate of drug-likeness (QED) is 0.707. The van der Waals surface area contributed by atoms with Crippen molar-refractivity contribution in [3.63, 3.8) is 0 Å². The molecule has 0 bridgehead atoms. The van der Waals surface area contributed by atoms with Gasteiger partial charge in [-0.05, 0) is 54.3 Å². The highest BCUT2D eigenvalue weighted by atomic mass is 15.3. The minimum atomic E-state index is 0.588. The lowest BCUT2D eigenvalue weighted by Gasteiger charge is -2.20. The van der Waals surface area contributed by atoms with Crippen molar-refractivity contribution in [1.29, 1.82) is 0 Å². The standard InChI is InChI=1S/C22H26N6/c1-2-19-10-15-28(16-14-24-19)22-25-13-9-21(27-22)26-20-5-3-17(4-6-20)18-7-11-23-12-8-18/h3-9,11-13,19,24H,2,10,14-16H2,1H3,(H,25,26,27). The molecule has 6 heteroatoms. The van der Waals surface area contributed by atoms with Gasteiger partial charge in [-0.1, -0.05) is 19.1 Å². The van der Waals surface area contributed by atoms with Crippen LogP contribution in [0, 0.1) is 0 Å². The normalized spacial score (nSPS) is 17.2. The number of nitrogens with zero attached hydrogens (tertiary/aromatic N) is 4. The monoisotopic (exact) mass is 374 g/mol. The number of nitrogens with one attached hydrogen (secondary N) is 2. The molecule has 2 aromatic heterocycles. The maximum absolute atomic E-state index is 4.73. The average molecular weight is 374 g/mol. The van der Waals surface area contributed by atoms with E-state index >= 15 is 0 Å². The predicted octanol–water partition coefficient (Wildman–Crippen LogP) is 3.86. The number of aromatic nitrogens is 3. The van der Waals surface area contributed by atoms with Gasteiger partial charge in [-0.2, -0.15) is 4.98 Å². The van der Waals surface area contributed by atoms with E-state index in [4.69, 9.17) is 4.98 Å². The molecule has 1 aliphatic heterocycles. The van der Waals surface area contributed by atoms with E-state index in [0.29, 0.717) is 6.04 Å². The number of benzene rings is 1. The predicted molar refractivity (Wildman–Crippen MR) is 114 cm³/mol. The Labute approximate surface area is 166 Å². The lowest BCUT2D eigenvalue weighted by atomic mass is 10.1. The van der Waals surface area contributed by atoms with Crippen LogP contribution in [0.1, 0.15) is 19.8 Å². The van der Waals surface area contributed by atoms with Gasteiger partial charge in [0.05, 0.1) is 0 Å². The zero-order chi connectivity index (χ0) is 19.2. The molecule has 3 aromatic rings. The Hall–Kier alpha value is -2.99. The van der Waals surface area contributed by atoms with Crippen molar-refractivity contribution >= 4 is 17.5 Å². The van der Waals surface area contributed by atoms with Gasteiger partial charge in [-0.25, -0.2) is 4.98 Å². The third-order valence-corrected chi connectivity index (χ3v) is 5.15. The van der Waals surface area contributed by atoms with Gasteiger partial charge in [0.2, 0.25) is 5.95 Å². The van der Waals surface area contributed by atoms with Crippen LogP contribution in [-0.4, -0.2) is 40.6 Å². The summed E-state index contributed by atoms with van der Waals surface area (Å²) in [5, 5.41) is 6.98. The first kappa shape index (κ1) is 18.4. The van der Waals surface area contributed by atoms with Crippen LogP contribution >= 0.6 is 0 Å². The Morgan fingerprint density at radius 3 is 2.57 bits per heavy atom. The Kier molecular flexibility index (Phi) is 5.77. The first-order valence-electron chi connectivity index (χ1n) is 9.90. The SMILES string of the molecule is CCC1CCN(c2nccc(Nc3ccc(-c4ccncc4)cc3)n2)CCN1. The van der Waals surface area contributed by atoms with Crippen LogP contribution in [0.25, 0.3) is 11.1 Å². The van der Waals surface area contributed by atoms with Crippen molar-refractivity contribution in [3.8, 4) is 11.1 Å². The van der Waals surface area contributed by atoms with E-state index < -0.39 is 0 Å². The highest BCUT2D eigenvalue weighted by Gasteiger charge is 2.17. The molecule has 1 atom stereocenters. The highest BCUT2D eigenvalue weighted by molar-refractivity contribution is 5.67. The van der Waals surface area contributed by atoms with E-state index in [0.717, 1.165) is 55.5 Å². The second-order valence-electron chi connectivity index (χ2n) is 7.02. The lowest BCUT2D eigenvalue weighted by Crippen LogP contribution is -2.30. The lowest BCUT2D eigenvalue weighted by molar-refractivity contribution is 0.509. The largest absolute Gasteiger partial charge is 0.340 e. The second kappa shape index (κ2) is 8.80. The van der Waals surface area contributed by atoms with E-state index in [2.05, 4.69) is 56.7 Å². The van der Waals surface area contributed by atoms with Crippen molar-refractivity contribution < 1.29 is 0 Å². The highest BCUT2D eigenvalue weighted by Crippen LogP contribution is 2.23. The Morgan fingerprint density at radius 1 is 1.00 bits per heavy atom. The van der Waals surface area contributed by atoms with E-state index in [1.54, 1.807) is 0 Å². The molecule has 1 aliphatic rings. The average Bonchev–Trinajstić information content (AvgIpc) is 3.01. The zero-order valence-corrected chi connectivity index (χ0v) is 16.2. The maximum atomic E-state index is 4.73. The van der Waals surface area contributed by atoms with Crippen molar-refractivity contribution in [2.24, 2.45) is 0 Å². The molecule has 4 rings (SSSR count). The molecule has 1 fully saturated rings. The van der Waals surface area contributed by atoms with Crippen molar-refractivity contribution in [1.82, 2.24) is 20.3 Å². The second-order valence-corrected chi connectivity index (χ2v) is 7.02. The topological polar surface area (TPSA) is 66.0 Å². The molecule has 0 spiro atoms. The van der Waals surface area contributed by atoms with Crippen molar-refractivity contribution in [2.75, 3.05) is 29.9 Å². The minimum absolute atomic E-state index is 0.588. The van der Waals surface area contributed by atoms with Crippen molar-refractivity contribution in [3.05, 3.63) is 61.1 Å². The first-order chi connectivity index (χ1) is 13.8. The van der Waals surface area contributed by atoms with Gasteiger partial charge in [0.1, 0.15) is 5.82 Å². The summed E-state index contributed by atoms with van der Waals surface area (Å²) in [4.78, 5) is 15.6. The van der Waals surface area contributed by atoms with Crippen LogP contribution in [0.4, 0.5) is 17.5 Å². The Morgan fingerprint density at radius 2 is 1.79 bits per heavy atom. The molecule has 0 amide bonds. The summed E-state index contributed by atoms with van der Waals surface area (Å²) in [6.07, 6.45) is 7.72. The number of rotatable bonds is 5. The van der Waals surface area contributed by atoms with E-state index in [-0.39, 0.29) is 0 Å². The smallest absolute Gasteiger partial charge is 0.227 e. The van der Waals surface area contributed by atoms with Crippen molar-refractivity contribution in [2.45, 2.75) is 25.8 Å². The molecule has 144 valence electrons. The van der Waals surface area contributed by atoms with Crippen LogP contribution in [-0.2, 0) is 0 Å². The summed E-state index contributed by atoms with van der Waals surface area (Å²) < 4.78 is 0. The van der Waals surface area contributed by atoms with Gasteiger partial charge in [-0.3, -0.25) is 4.98 Å². The molecule has 0 radical (unpaired) electrons. The first-order valence-corrected chi connectivity index (χ1v) is 9.90. The summed E-state index contributed by atoms with van der Waals surface area (Å²) in [5.41, 5.74) is 3.33. The van der Waals surface area contributed by atoms with Gasteiger partial charge in [-0.15, -0.1) is 0 Å². The van der Waals surface area contributed by atoms with Gasteiger partial charge in [0, 0.05) is 50.0 Å². The molecular weight excluding hydrogens is 348 g/mol. The third-order valence-electron chi connectivity index (χ3n) is 5.15. The van der Waals surface area contributed by atoms with Crippen LogP contribution in [0.15, 0.2) is 61.1 Å². The molecule has 1 aromatic carbocycles. The molecule has 2 N–H and O–H groups in total. The fraction of sp³-hybridized carbons (Fsp3) is 0.318. The van der Waals surface area contributed by atoms with Crippen LogP contribution in [0.5, 0.6) is 0 Å². The van der Waals surface area contributed by atoms with Crippen LogP contribution in [0.3, 0.4) is 0 Å². The summed E-state index contributed by atoms with van der Waals surface area (Å²) >= 11 is 0. The zero-order valence-electron chi connectivity index (χ0n) is 16.2. The van der Waals surface area contributed by atoms with Gasteiger partial charge < -0.3 is 15.5 Å². The number of hydrogen-bond acceptors (Lipinski definition) is 6. The van der Waals surface area contributed by atoms with E-state index in [1.165, 1.54) is 5.56 Å². The van der Waals surface area contributed by atoms with Crippen LogP contribution in [0.2, 0.25) is 0 Å². The maximum Gasteiger partial charge on any atom is 0.227 e. The fourth-order valence-corrected chi connectivity index (χ4v) is 3.49. The van der Waals surface area contributed by atoms with E-state index in [1.807, 2.05) is 36.8 Å². The van der Waals surface area contributed by atoms with Gasteiger partial charge >= 0.3 is 0 Å². The number of pyridine rings is 1. The molecule has 0 saturated carbocycles. The molecule has 0 aliphatic carbocycles. The Balaban J connectivity index is 1.45. The van der Waals surface area contributed by atoms with Gasteiger partial charge in [0.25, 0.3) is 0 Å². The van der Waals surface area contributed by atoms with Gasteiger partial charge in [0.15, 0.2) is 0 Å². The molecule has 1 saturated heterocycles. The molecule has 28 heavy (non-hydrogen) atoms. The molecule has 1 unspecified atom stereocenters. The number of hydrogen-bond donors (Lipinski definition) is 2. The number of anilines is 3. The molecule has 3 heterocycles. The van der Waals surface area contributed by atoms with E-state index in [9.17, 15) is 0 Å².